The Morgan fingerprint density at radius 3 is 2.71 bits per heavy atom. The number of rotatable bonds is 4. The Bertz CT molecular complexity index is 668. The summed E-state index contributed by atoms with van der Waals surface area (Å²) in [5.41, 5.74) is 8.27. The van der Waals surface area contributed by atoms with Crippen LogP contribution in [0.1, 0.15) is 29.9 Å². The van der Waals surface area contributed by atoms with Crippen LogP contribution in [0.15, 0.2) is 21.1 Å². The lowest BCUT2D eigenvalue weighted by molar-refractivity contribution is 0.380. The number of hydrogen-bond donors (Lipinski definition) is 1. The average Bonchev–Trinajstić information content (AvgIpc) is 3.23. The maximum atomic E-state index is 6.20. The minimum Gasteiger partial charge on any atom is -0.370 e. The van der Waals surface area contributed by atoms with Crippen LogP contribution in [-0.4, -0.2) is 53.7 Å². The molecule has 1 saturated heterocycles. The summed E-state index contributed by atoms with van der Waals surface area (Å²) in [5.74, 6) is 1.73. The normalized spacial score (nSPS) is 17.4. The number of aryl methyl sites for hydroxylation is 2. The second-order valence-electron chi connectivity index (χ2n) is 6.13. The maximum absolute atomic E-state index is 6.20. The van der Waals surface area contributed by atoms with Crippen LogP contribution < -0.4 is 10.6 Å². The van der Waals surface area contributed by atoms with Crippen molar-refractivity contribution < 1.29 is 4.52 Å². The van der Waals surface area contributed by atoms with Crippen LogP contribution in [0.25, 0.3) is 0 Å². The number of nitrogens with two attached hydrogens (primary N) is 1. The highest BCUT2D eigenvalue weighted by atomic mass is 32.1. The molecule has 7 nitrogen and oxygen atoms in total. The first kappa shape index (κ1) is 16.8. The van der Waals surface area contributed by atoms with Crippen molar-refractivity contribution in [2.24, 2.45) is 10.7 Å². The predicted molar refractivity (Wildman–Crippen MR) is 96.8 cm³/mol. The molecule has 0 bridgehead atoms. The fourth-order valence-corrected chi connectivity index (χ4v) is 3.81. The number of hydrogen-bond acceptors (Lipinski definition) is 6. The molecule has 2 N–H and O–H groups in total. The van der Waals surface area contributed by atoms with E-state index < -0.39 is 0 Å². The number of nitrogens with zero attached hydrogens (tertiary/aromatic N) is 5. The molecule has 2 aromatic heterocycles. The van der Waals surface area contributed by atoms with Gasteiger partial charge in [-0.05, 0) is 13.8 Å². The monoisotopic (exact) mass is 348 g/mol. The number of aromatic nitrogens is 2. The van der Waals surface area contributed by atoms with Gasteiger partial charge in [0.05, 0.1) is 5.69 Å². The smallest absolute Gasteiger partial charge is 0.191 e. The molecule has 1 unspecified atom stereocenters. The summed E-state index contributed by atoms with van der Waals surface area (Å²) in [6.07, 6.45) is 1.85. The molecule has 0 aliphatic carbocycles. The molecule has 0 aromatic carbocycles. The molecule has 1 fully saturated rings. The lowest BCUT2D eigenvalue weighted by Gasteiger charge is -2.35. The summed E-state index contributed by atoms with van der Waals surface area (Å²) in [4.78, 5) is 13.4. The Balaban J connectivity index is 1.55. The van der Waals surface area contributed by atoms with Crippen molar-refractivity contribution in [3.8, 4) is 0 Å². The van der Waals surface area contributed by atoms with Crippen molar-refractivity contribution in [1.29, 1.82) is 0 Å². The van der Waals surface area contributed by atoms with E-state index in [0.717, 1.165) is 48.3 Å². The van der Waals surface area contributed by atoms with Crippen LogP contribution in [0.2, 0.25) is 0 Å². The topological polar surface area (TPSA) is 83.8 Å². The summed E-state index contributed by atoms with van der Waals surface area (Å²) >= 11 is 1.67. The fourth-order valence-electron chi connectivity index (χ4n) is 3.11. The molecule has 0 spiro atoms. The highest BCUT2D eigenvalue weighted by Crippen LogP contribution is 2.23. The van der Waals surface area contributed by atoms with Crippen LogP contribution in [0.3, 0.4) is 0 Å². The molecule has 1 aliphatic heterocycles. The van der Waals surface area contributed by atoms with E-state index in [0.29, 0.717) is 12.5 Å². The minimum absolute atomic E-state index is 0.242. The summed E-state index contributed by atoms with van der Waals surface area (Å²) < 4.78 is 5.24. The van der Waals surface area contributed by atoms with Gasteiger partial charge in [0.25, 0.3) is 0 Å². The summed E-state index contributed by atoms with van der Waals surface area (Å²) in [6.45, 7) is 10.3. The predicted octanol–water partition coefficient (Wildman–Crippen LogP) is 1.99. The lowest BCUT2D eigenvalue weighted by Crippen LogP contribution is -2.51. The number of aliphatic imine (C=N–C) groups is 1. The third kappa shape index (κ3) is 3.53. The SMILES string of the molecule is Cc1noc(C)c1C(C)CN=C(N)N1CCN(c2nccs2)CC1. The number of anilines is 1. The quantitative estimate of drug-likeness (QED) is 0.672. The zero-order chi connectivity index (χ0) is 17.1. The molecule has 0 radical (unpaired) electrons. The van der Waals surface area contributed by atoms with Gasteiger partial charge in [-0.25, -0.2) is 4.98 Å². The average molecular weight is 348 g/mol. The summed E-state index contributed by atoms with van der Waals surface area (Å²) in [7, 11) is 0. The molecule has 1 atom stereocenters. The van der Waals surface area contributed by atoms with Crippen molar-refractivity contribution in [2.75, 3.05) is 37.6 Å². The molecule has 3 heterocycles. The Morgan fingerprint density at radius 2 is 2.12 bits per heavy atom. The third-order valence-electron chi connectivity index (χ3n) is 4.40. The van der Waals surface area contributed by atoms with Crippen LogP contribution in [0, 0.1) is 13.8 Å². The zero-order valence-corrected chi connectivity index (χ0v) is 15.2. The maximum Gasteiger partial charge on any atom is 0.191 e. The van der Waals surface area contributed by atoms with Crippen LogP contribution in [0.5, 0.6) is 0 Å². The van der Waals surface area contributed by atoms with Gasteiger partial charge >= 0.3 is 0 Å². The van der Waals surface area contributed by atoms with Crippen LogP contribution in [0.4, 0.5) is 5.13 Å². The number of thiazole rings is 1. The van der Waals surface area contributed by atoms with Gasteiger partial charge in [0.1, 0.15) is 5.76 Å². The molecular weight excluding hydrogens is 324 g/mol. The van der Waals surface area contributed by atoms with E-state index in [4.69, 9.17) is 10.3 Å². The molecule has 3 rings (SSSR count). The van der Waals surface area contributed by atoms with Crippen molar-refractivity contribution >= 4 is 22.4 Å². The standard InChI is InChI=1S/C16H24N6OS/c1-11(14-12(2)20-23-13(14)3)10-19-15(17)21-5-7-22(8-6-21)16-18-4-9-24-16/h4,9,11H,5-8,10H2,1-3H3,(H2,17,19). The molecule has 0 amide bonds. The Labute approximate surface area is 146 Å². The van der Waals surface area contributed by atoms with E-state index in [-0.39, 0.29) is 5.92 Å². The fraction of sp³-hybridized carbons (Fsp3) is 0.562. The Morgan fingerprint density at radius 1 is 1.38 bits per heavy atom. The number of piperazine rings is 1. The third-order valence-corrected chi connectivity index (χ3v) is 5.23. The van der Waals surface area contributed by atoms with Gasteiger partial charge in [-0.15, -0.1) is 11.3 Å². The lowest BCUT2D eigenvalue weighted by atomic mass is 10.00. The number of guanidine groups is 1. The summed E-state index contributed by atoms with van der Waals surface area (Å²) in [5, 5.41) is 7.10. The van der Waals surface area contributed by atoms with E-state index in [1.165, 1.54) is 0 Å². The van der Waals surface area contributed by atoms with E-state index >= 15 is 0 Å². The first-order valence-corrected chi connectivity index (χ1v) is 9.06. The van der Waals surface area contributed by atoms with Gasteiger partial charge in [0.2, 0.25) is 0 Å². The molecule has 8 heteroatoms. The first-order chi connectivity index (χ1) is 11.6. The summed E-state index contributed by atoms with van der Waals surface area (Å²) in [6, 6.07) is 0. The highest BCUT2D eigenvalue weighted by molar-refractivity contribution is 7.13. The van der Waals surface area contributed by atoms with Crippen molar-refractivity contribution in [1.82, 2.24) is 15.0 Å². The zero-order valence-electron chi connectivity index (χ0n) is 14.4. The van der Waals surface area contributed by atoms with Gasteiger partial charge in [-0.2, -0.15) is 0 Å². The largest absolute Gasteiger partial charge is 0.370 e. The second kappa shape index (κ2) is 7.21. The second-order valence-corrected chi connectivity index (χ2v) is 7.00. The molecule has 2 aromatic rings. The van der Waals surface area contributed by atoms with Gasteiger partial charge in [-0.3, -0.25) is 4.99 Å². The van der Waals surface area contributed by atoms with Crippen LogP contribution in [-0.2, 0) is 0 Å². The first-order valence-electron chi connectivity index (χ1n) is 8.18. The Kier molecular flexibility index (Phi) is 5.03. The Hall–Kier alpha value is -2.09. The van der Waals surface area contributed by atoms with E-state index in [2.05, 4.69) is 31.9 Å². The molecular formula is C16H24N6OS. The highest BCUT2D eigenvalue weighted by Gasteiger charge is 2.21. The van der Waals surface area contributed by atoms with Crippen molar-refractivity contribution in [3.63, 3.8) is 0 Å². The van der Waals surface area contributed by atoms with Crippen LogP contribution >= 0.6 is 11.3 Å². The van der Waals surface area contributed by atoms with Gasteiger partial charge in [0, 0.05) is 55.8 Å². The molecule has 1 aliphatic rings. The minimum atomic E-state index is 0.242. The van der Waals surface area contributed by atoms with Gasteiger partial charge in [0.15, 0.2) is 11.1 Å². The van der Waals surface area contributed by atoms with Crippen molar-refractivity contribution in [2.45, 2.75) is 26.7 Å². The van der Waals surface area contributed by atoms with E-state index in [1.54, 1.807) is 11.3 Å². The van der Waals surface area contributed by atoms with Crippen molar-refractivity contribution in [3.05, 3.63) is 28.6 Å². The van der Waals surface area contributed by atoms with E-state index in [1.807, 2.05) is 25.4 Å². The van der Waals surface area contributed by atoms with Gasteiger partial charge < -0.3 is 20.1 Å². The van der Waals surface area contributed by atoms with E-state index in [9.17, 15) is 0 Å². The molecule has 130 valence electrons. The van der Waals surface area contributed by atoms with Gasteiger partial charge in [-0.1, -0.05) is 12.1 Å². The molecule has 0 saturated carbocycles. The molecule has 24 heavy (non-hydrogen) atoms.